The van der Waals surface area contributed by atoms with Gasteiger partial charge >= 0.3 is 0 Å². The summed E-state index contributed by atoms with van der Waals surface area (Å²) < 4.78 is 0. The Morgan fingerprint density at radius 2 is 1.47 bits per heavy atom. The van der Waals surface area contributed by atoms with Gasteiger partial charge in [0.05, 0.1) is 11.9 Å². The van der Waals surface area contributed by atoms with Crippen molar-refractivity contribution >= 4 is 11.8 Å². The molecular weight excluding hydrogens is 378 g/mol. The quantitative estimate of drug-likeness (QED) is 0.673. The Labute approximate surface area is 174 Å². The number of hydrogen-bond acceptors (Lipinski definition) is 4. The molecule has 7 heteroatoms. The number of piperazine rings is 1. The predicted molar refractivity (Wildman–Crippen MR) is 111 cm³/mol. The third-order valence-corrected chi connectivity index (χ3v) is 5.91. The summed E-state index contributed by atoms with van der Waals surface area (Å²) in [5, 5.41) is 8.53. The van der Waals surface area contributed by atoms with Crippen molar-refractivity contribution in [2.75, 3.05) is 26.2 Å². The van der Waals surface area contributed by atoms with E-state index < -0.39 is 0 Å². The van der Waals surface area contributed by atoms with Crippen LogP contribution in [0.25, 0.3) is 5.69 Å². The average molecular weight is 401 g/mol. The van der Waals surface area contributed by atoms with E-state index in [0.29, 0.717) is 37.8 Å². The lowest BCUT2D eigenvalue weighted by Crippen LogP contribution is -2.51. The zero-order chi connectivity index (χ0) is 20.5. The first-order valence-electron chi connectivity index (χ1n) is 10.3. The number of carbonyl (C=O) groups is 2. The second kappa shape index (κ2) is 7.74. The van der Waals surface area contributed by atoms with Gasteiger partial charge in [-0.3, -0.25) is 9.59 Å². The summed E-state index contributed by atoms with van der Waals surface area (Å²) in [7, 11) is 0. The van der Waals surface area contributed by atoms with Crippen LogP contribution in [0.15, 0.2) is 66.9 Å². The largest absolute Gasteiger partial charge is 0.339 e. The van der Waals surface area contributed by atoms with Crippen molar-refractivity contribution in [3.63, 3.8) is 0 Å². The number of hydrogen-bond donors (Lipinski definition) is 0. The van der Waals surface area contributed by atoms with Crippen LogP contribution in [0.2, 0.25) is 0 Å². The Balaban J connectivity index is 1.17. The molecule has 152 valence electrons. The maximum absolute atomic E-state index is 12.8. The van der Waals surface area contributed by atoms with E-state index in [9.17, 15) is 9.59 Å². The molecule has 1 aromatic heterocycles. The monoisotopic (exact) mass is 401 g/mol. The normalized spacial score (nSPS) is 20.8. The fourth-order valence-corrected chi connectivity index (χ4v) is 4.11. The number of aromatic nitrogens is 3. The number of nitrogens with zero attached hydrogens (tertiary/aromatic N) is 5. The van der Waals surface area contributed by atoms with Gasteiger partial charge in [-0.1, -0.05) is 48.5 Å². The summed E-state index contributed by atoms with van der Waals surface area (Å²) >= 11 is 0. The molecule has 30 heavy (non-hydrogen) atoms. The summed E-state index contributed by atoms with van der Waals surface area (Å²) in [6.07, 6.45) is 2.42. The number of amides is 2. The zero-order valence-electron chi connectivity index (χ0n) is 16.6. The molecule has 1 saturated carbocycles. The molecule has 2 aromatic carbocycles. The minimum atomic E-state index is -0.141. The predicted octanol–water partition coefficient (Wildman–Crippen LogP) is 2.36. The summed E-state index contributed by atoms with van der Waals surface area (Å²) in [5.41, 5.74) is 2.38. The van der Waals surface area contributed by atoms with Gasteiger partial charge in [-0.25, -0.2) is 0 Å². The van der Waals surface area contributed by atoms with Crippen molar-refractivity contribution in [1.29, 1.82) is 0 Å². The van der Waals surface area contributed by atoms with E-state index in [2.05, 4.69) is 22.3 Å². The molecule has 2 fully saturated rings. The summed E-state index contributed by atoms with van der Waals surface area (Å²) in [4.78, 5) is 30.8. The smallest absolute Gasteiger partial charge is 0.276 e. The fraction of sp³-hybridized carbons (Fsp3) is 0.304. The van der Waals surface area contributed by atoms with Gasteiger partial charge in [0.2, 0.25) is 5.91 Å². The molecule has 0 radical (unpaired) electrons. The second-order valence-electron chi connectivity index (χ2n) is 7.83. The highest BCUT2D eigenvalue weighted by Crippen LogP contribution is 2.48. The molecule has 7 nitrogen and oxygen atoms in total. The highest BCUT2D eigenvalue weighted by atomic mass is 16.2. The number of benzene rings is 2. The summed E-state index contributed by atoms with van der Waals surface area (Å²) in [5.74, 6) is 0.496. The molecule has 2 unspecified atom stereocenters. The van der Waals surface area contributed by atoms with Gasteiger partial charge in [0.25, 0.3) is 5.91 Å². The van der Waals surface area contributed by atoms with E-state index >= 15 is 0 Å². The molecule has 0 spiro atoms. The highest BCUT2D eigenvalue weighted by molar-refractivity contribution is 5.92. The van der Waals surface area contributed by atoms with Crippen molar-refractivity contribution in [2.24, 2.45) is 5.92 Å². The van der Waals surface area contributed by atoms with Crippen LogP contribution < -0.4 is 0 Å². The van der Waals surface area contributed by atoms with E-state index in [1.165, 1.54) is 16.6 Å². The molecule has 1 aliphatic heterocycles. The van der Waals surface area contributed by atoms with Gasteiger partial charge in [0, 0.05) is 32.1 Å². The lowest BCUT2D eigenvalue weighted by atomic mass is 10.1. The average Bonchev–Trinajstić information content (AvgIpc) is 3.47. The van der Waals surface area contributed by atoms with Crippen LogP contribution in [0.5, 0.6) is 0 Å². The molecule has 1 saturated heterocycles. The first kappa shape index (κ1) is 18.5. The van der Waals surface area contributed by atoms with Crippen molar-refractivity contribution in [2.45, 2.75) is 12.3 Å². The van der Waals surface area contributed by atoms with Crippen LogP contribution in [0.1, 0.15) is 28.4 Å². The Hall–Kier alpha value is -3.48. The molecule has 2 heterocycles. The van der Waals surface area contributed by atoms with E-state index in [1.807, 2.05) is 53.4 Å². The fourth-order valence-electron chi connectivity index (χ4n) is 4.11. The van der Waals surface area contributed by atoms with Crippen LogP contribution in [-0.2, 0) is 4.79 Å². The molecular formula is C23H23N5O2. The summed E-state index contributed by atoms with van der Waals surface area (Å²) in [6.45, 7) is 2.17. The van der Waals surface area contributed by atoms with Crippen molar-refractivity contribution in [3.05, 3.63) is 78.1 Å². The maximum Gasteiger partial charge on any atom is 0.276 e. The third kappa shape index (κ3) is 3.58. The molecule has 2 aliphatic rings. The van der Waals surface area contributed by atoms with Crippen molar-refractivity contribution in [1.82, 2.24) is 24.8 Å². The molecule has 5 rings (SSSR count). The van der Waals surface area contributed by atoms with Crippen LogP contribution >= 0.6 is 0 Å². The minimum absolute atomic E-state index is 0.0837. The molecule has 1 aliphatic carbocycles. The molecule has 3 aromatic rings. The first-order chi connectivity index (χ1) is 14.7. The molecule has 0 bridgehead atoms. The highest BCUT2D eigenvalue weighted by Gasteiger charge is 2.46. The lowest BCUT2D eigenvalue weighted by Gasteiger charge is -2.34. The Kier molecular flexibility index (Phi) is 4.78. The molecule has 2 atom stereocenters. The molecule has 0 N–H and O–H groups in total. The van der Waals surface area contributed by atoms with Gasteiger partial charge in [0.1, 0.15) is 0 Å². The SMILES string of the molecule is O=C(c1cnn(-c2ccccc2)n1)N1CCN(C(=O)C2CC2c2ccccc2)CC1. The van der Waals surface area contributed by atoms with E-state index in [4.69, 9.17) is 0 Å². The lowest BCUT2D eigenvalue weighted by molar-refractivity contribution is -0.134. The van der Waals surface area contributed by atoms with E-state index in [1.54, 1.807) is 4.90 Å². The van der Waals surface area contributed by atoms with Crippen molar-refractivity contribution < 1.29 is 9.59 Å². The number of para-hydroxylation sites is 1. The zero-order valence-corrected chi connectivity index (χ0v) is 16.6. The Morgan fingerprint density at radius 1 is 0.833 bits per heavy atom. The third-order valence-electron chi connectivity index (χ3n) is 5.91. The van der Waals surface area contributed by atoms with E-state index in [-0.39, 0.29) is 17.7 Å². The van der Waals surface area contributed by atoms with Crippen LogP contribution in [0, 0.1) is 5.92 Å². The maximum atomic E-state index is 12.8. The van der Waals surface area contributed by atoms with Gasteiger partial charge in [-0.15, -0.1) is 5.10 Å². The topological polar surface area (TPSA) is 71.3 Å². The molecule has 2 amide bonds. The summed E-state index contributed by atoms with van der Waals surface area (Å²) in [6, 6.07) is 19.7. The van der Waals surface area contributed by atoms with E-state index in [0.717, 1.165) is 12.1 Å². The Morgan fingerprint density at radius 3 is 2.17 bits per heavy atom. The minimum Gasteiger partial charge on any atom is -0.339 e. The van der Waals surface area contributed by atoms with Crippen LogP contribution in [0.4, 0.5) is 0 Å². The number of carbonyl (C=O) groups excluding carboxylic acids is 2. The van der Waals surface area contributed by atoms with Gasteiger partial charge in [-0.05, 0) is 30.0 Å². The van der Waals surface area contributed by atoms with Crippen molar-refractivity contribution in [3.8, 4) is 5.69 Å². The number of rotatable bonds is 4. The van der Waals surface area contributed by atoms with Crippen LogP contribution in [-0.4, -0.2) is 62.8 Å². The second-order valence-corrected chi connectivity index (χ2v) is 7.83. The van der Waals surface area contributed by atoms with Gasteiger partial charge in [0.15, 0.2) is 5.69 Å². The van der Waals surface area contributed by atoms with Gasteiger partial charge in [-0.2, -0.15) is 9.90 Å². The van der Waals surface area contributed by atoms with Gasteiger partial charge < -0.3 is 9.80 Å². The first-order valence-corrected chi connectivity index (χ1v) is 10.3. The Bertz CT molecular complexity index is 1040. The van der Waals surface area contributed by atoms with Crippen LogP contribution in [0.3, 0.4) is 0 Å². The standard InChI is InChI=1S/C23H23N5O2/c29-22(20-15-19(20)17-7-3-1-4-8-17)26-11-13-27(14-12-26)23(30)21-16-24-28(25-21)18-9-5-2-6-10-18/h1-10,16,19-20H,11-15H2.